The molecular formula is C14H10F2N4O. The molecule has 0 amide bonds. The number of nitrogens with zero attached hydrogens (tertiary/aromatic N) is 1. The second-order valence-electron chi connectivity index (χ2n) is 4.47. The Morgan fingerprint density at radius 1 is 1.10 bits per heavy atom. The third-order valence-electron chi connectivity index (χ3n) is 2.85. The van der Waals surface area contributed by atoms with Crippen molar-refractivity contribution in [3.63, 3.8) is 0 Å². The zero-order valence-corrected chi connectivity index (χ0v) is 10.7. The first kappa shape index (κ1) is 13.0. The van der Waals surface area contributed by atoms with Gasteiger partial charge in [-0.05, 0) is 30.3 Å². The number of rotatable bonds is 2. The average molecular weight is 288 g/mol. The quantitative estimate of drug-likeness (QED) is 0.633. The zero-order valence-electron chi connectivity index (χ0n) is 10.7. The summed E-state index contributed by atoms with van der Waals surface area (Å²) in [4.78, 5) is 18.6. The fourth-order valence-corrected chi connectivity index (χ4v) is 1.98. The fraction of sp³-hybridized carbons (Fsp3) is 0. The molecule has 0 unspecified atom stereocenters. The van der Waals surface area contributed by atoms with Crippen molar-refractivity contribution in [1.82, 2.24) is 9.97 Å². The molecule has 7 heteroatoms. The molecule has 0 aliphatic rings. The van der Waals surface area contributed by atoms with Gasteiger partial charge in [0, 0.05) is 17.4 Å². The van der Waals surface area contributed by atoms with E-state index >= 15 is 0 Å². The van der Waals surface area contributed by atoms with Crippen molar-refractivity contribution in [2.75, 3.05) is 11.1 Å². The van der Waals surface area contributed by atoms with Crippen LogP contribution < -0.4 is 16.6 Å². The van der Waals surface area contributed by atoms with E-state index < -0.39 is 17.2 Å². The lowest BCUT2D eigenvalue weighted by atomic mass is 10.2. The summed E-state index contributed by atoms with van der Waals surface area (Å²) >= 11 is 0. The van der Waals surface area contributed by atoms with Crippen molar-refractivity contribution in [3.8, 4) is 0 Å². The molecule has 0 radical (unpaired) electrons. The van der Waals surface area contributed by atoms with Gasteiger partial charge in [-0.3, -0.25) is 9.78 Å². The molecule has 3 aromatic rings. The number of nitrogens with one attached hydrogen (secondary N) is 2. The number of aromatic amines is 1. The van der Waals surface area contributed by atoms with Gasteiger partial charge in [0.1, 0.15) is 11.6 Å². The van der Waals surface area contributed by atoms with Crippen molar-refractivity contribution >= 4 is 28.2 Å². The van der Waals surface area contributed by atoms with Crippen LogP contribution in [0.25, 0.3) is 10.9 Å². The van der Waals surface area contributed by atoms with Crippen LogP contribution in [-0.4, -0.2) is 9.97 Å². The smallest absolute Gasteiger partial charge is 0.260 e. The number of nitrogens with two attached hydrogens (primary N) is 1. The Morgan fingerprint density at radius 3 is 2.52 bits per heavy atom. The van der Waals surface area contributed by atoms with Crippen LogP contribution in [0, 0.1) is 11.6 Å². The molecule has 21 heavy (non-hydrogen) atoms. The summed E-state index contributed by atoms with van der Waals surface area (Å²) in [5.74, 6) is -1.37. The van der Waals surface area contributed by atoms with Crippen molar-refractivity contribution in [1.29, 1.82) is 0 Å². The number of aromatic nitrogens is 2. The Kier molecular flexibility index (Phi) is 3.02. The predicted octanol–water partition coefficient (Wildman–Crippen LogP) is 2.53. The van der Waals surface area contributed by atoms with Crippen molar-refractivity contribution in [2.24, 2.45) is 0 Å². The Hall–Kier alpha value is -2.96. The Labute approximate surface area is 117 Å². The first-order chi connectivity index (χ1) is 10.0. The highest BCUT2D eigenvalue weighted by molar-refractivity contribution is 5.82. The highest BCUT2D eigenvalue weighted by Crippen LogP contribution is 2.18. The fourth-order valence-electron chi connectivity index (χ4n) is 1.98. The van der Waals surface area contributed by atoms with E-state index in [0.29, 0.717) is 16.6 Å². The maximum atomic E-state index is 13.1. The molecule has 1 heterocycles. The minimum Gasteiger partial charge on any atom is -0.399 e. The van der Waals surface area contributed by atoms with Crippen LogP contribution in [0.4, 0.5) is 26.1 Å². The zero-order chi connectivity index (χ0) is 15.0. The lowest BCUT2D eigenvalue weighted by Crippen LogP contribution is -2.11. The number of H-pyrrole nitrogens is 1. The lowest BCUT2D eigenvalue weighted by molar-refractivity contribution is 0.584. The largest absolute Gasteiger partial charge is 0.399 e. The average Bonchev–Trinajstić information content (AvgIpc) is 2.38. The third-order valence-corrected chi connectivity index (χ3v) is 2.85. The third kappa shape index (κ3) is 2.66. The molecule has 106 valence electrons. The molecule has 0 aliphatic carbocycles. The van der Waals surface area contributed by atoms with Crippen LogP contribution in [0.2, 0.25) is 0 Å². The topological polar surface area (TPSA) is 83.8 Å². The Bertz CT molecular complexity index is 872. The van der Waals surface area contributed by atoms with Gasteiger partial charge in [0.15, 0.2) is 0 Å². The van der Waals surface area contributed by atoms with Crippen LogP contribution in [0.5, 0.6) is 0 Å². The van der Waals surface area contributed by atoms with E-state index in [1.54, 1.807) is 12.1 Å². The van der Waals surface area contributed by atoms with Gasteiger partial charge in [-0.15, -0.1) is 0 Å². The van der Waals surface area contributed by atoms with Gasteiger partial charge in [0.2, 0.25) is 5.95 Å². The maximum absolute atomic E-state index is 13.1. The summed E-state index contributed by atoms with van der Waals surface area (Å²) in [6.45, 7) is 0. The second kappa shape index (κ2) is 4.86. The van der Waals surface area contributed by atoms with E-state index in [2.05, 4.69) is 15.3 Å². The normalized spacial score (nSPS) is 10.8. The molecule has 4 N–H and O–H groups in total. The van der Waals surface area contributed by atoms with Gasteiger partial charge in [0.25, 0.3) is 5.56 Å². The van der Waals surface area contributed by atoms with Crippen LogP contribution in [0.15, 0.2) is 41.2 Å². The molecule has 5 nitrogen and oxygen atoms in total. The summed E-state index contributed by atoms with van der Waals surface area (Å²) < 4.78 is 26.2. The van der Waals surface area contributed by atoms with Crippen LogP contribution in [-0.2, 0) is 0 Å². The van der Waals surface area contributed by atoms with Gasteiger partial charge in [0.05, 0.1) is 10.9 Å². The number of nitrogen functional groups attached to an aromatic ring is 1. The monoisotopic (exact) mass is 288 g/mol. The minimum atomic E-state index is -0.728. The van der Waals surface area contributed by atoms with E-state index in [1.165, 1.54) is 6.07 Å². The van der Waals surface area contributed by atoms with Crippen molar-refractivity contribution < 1.29 is 8.78 Å². The highest BCUT2D eigenvalue weighted by atomic mass is 19.1. The van der Waals surface area contributed by atoms with Gasteiger partial charge in [-0.25, -0.2) is 13.8 Å². The summed E-state index contributed by atoms with van der Waals surface area (Å²) in [5, 5.41) is 2.99. The first-order valence-corrected chi connectivity index (χ1v) is 6.04. The standard InChI is InChI=1S/C14H10F2N4O/c15-7-3-8(16)5-10(4-7)18-14-19-12-2-1-9(17)6-11(12)13(21)20-14/h1-6H,17H2,(H2,18,19,20,21). The van der Waals surface area contributed by atoms with E-state index in [1.807, 2.05) is 0 Å². The number of halogens is 2. The molecule has 0 fully saturated rings. The number of hydrogen-bond donors (Lipinski definition) is 3. The SMILES string of the molecule is Nc1ccc2nc(Nc3cc(F)cc(F)c3)[nH]c(=O)c2c1. The molecule has 0 aliphatic heterocycles. The molecule has 0 saturated heterocycles. The molecule has 1 aromatic heterocycles. The van der Waals surface area contributed by atoms with E-state index in [9.17, 15) is 13.6 Å². The number of fused-ring (bicyclic) bond motifs is 1. The van der Waals surface area contributed by atoms with E-state index in [-0.39, 0.29) is 11.6 Å². The number of hydrogen-bond acceptors (Lipinski definition) is 4. The predicted molar refractivity (Wildman–Crippen MR) is 76.4 cm³/mol. The van der Waals surface area contributed by atoms with Gasteiger partial charge in [-0.2, -0.15) is 0 Å². The molecule has 3 rings (SSSR count). The van der Waals surface area contributed by atoms with Gasteiger partial charge >= 0.3 is 0 Å². The maximum Gasteiger partial charge on any atom is 0.260 e. The lowest BCUT2D eigenvalue weighted by Gasteiger charge is -2.07. The molecule has 2 aromatic carbocycles. The van der Waals surface area contributed by atoms with Crippen LogP contribution >= 0.6 is 0 Å². The summed E-state index contributed by atoms with van der Waals surface area (Å²) in [6.07, 6.45) is 0. The second-order valence-corrected chi connectivity index (χ2v) is 4.47. The molecule has 0 spiro atoms. The summed E-state index contributed by atoms with van der Waals surface area (Å²) in [5.41, 5.74) is 6.23. The van der Waals surface area contributed by atoms with Gasteiger partial charge in [-0.1, -0.05) is 0 Å². The minimum absolute atomic E-state index is 0.0854. The van der Waals surface area contributed by atoms with E-state index in [4.69, 9.17) is 5.73 Å². The number of benzene rings is 2. The van der Waals surface area contributed by atoms with E-state index in [0.717, 1.165) is 18.2 Å². The van der Waals surface area contributed by atoms with Crippen molar-refractivity contribution in [2.45, 2.75) is 0 Å². The first-order valence-electron chi connectivity index (χ1n) is 6.04. The molecule has 0 bridgehead atoms. The highest BCUT2D eigenvalue weighted by Gasteiger charge is 2.06. The van der Waals surface area contributed by atoms with Crippen LogP contribution in [0.3, 0.4) is 0 Å². The number of anilines is 3. The van der Waals surface area contributed by atoms with Crippen molar-refractivity contribution in [3.05, 3.63) is 58.4 Å². The molecule has 0 atom stereocenters. The van der Waals surface area contributed by atoms with Gasteiger partial charge < -0.3 is 11.1 Å². The van der Waals surface area contributed by atoms with Crippen LogP contribution in [0.1, 0.15) is 0 Å². The Balaban J connectivity index is 2.05. The Morgan fingerprint density at radius 2 is 1.81 bits per heavy atom. The summed E-state index contributed by atoms with van der Waals surface area (Å²) in [6, 6.07) is 7.65. The molecule has 0 saturated carbocycles. The molecular weight excluding hydrogens is 278 g/mol. The summed E-state index contributed by atoms with van der Waals surface area (Å²) in [7, 11) is 0.